The minimum absolute atomic E-state index is 0.00332. The number of rotatable bonds is 2. The van der Waals surface area contributed by atoms with Crippen LogP contribution in [-0.2, 0) is 9.78 Å². The summed E-state index contributed by atoms with van der Waals surface area (Å²) in [5.41, 5.74) is -6.19. The fourth-order valence-corrected chi connectivity index (χ4v) is 3.09. The van der Waals surface area contributed by atoms with Crippen molar-refractivity contribution < 1.29 is 35.0 Å². The second kappa shape index (κ2) is 5.83. The van der Waals surface area contributed by atoms with Crippen molar-refractivity contribution in [1.29, 1.82) is 0 Å². The largest absolute Gasteiger partial charge is 0.395 e. The summed E-state index contributed by atoms with van der Waals surface area (Å²) in [6.07, 6.45) is 1.05. The van der Waals surface area contributed by atoms with Gasteiger partial charge in [-0.1, -0.05) is 0 Å². The zero-order valence-electron chi connectivity index (χ0n) is 13.4. The first-order valence-electron chi connectivity index (χ1n) is 7.08. The molecule has 2 atom stereocenters. The van der Waals surface area contributed by atoms with E-state index in [1.54, 1.807) is 0 Å². The van der Waals surface area contributed by atoms with E-state index in [0.29, 0.717) is 4.60 Å². The van der Waals surface area contributed by atoms with Crippen molar-refractivity contribution in [2.24, 2.45) is 0 Å². The van der Waals surface area contributed by atoms with Gasteiger partial charge in [-0.05, 0) is 28.1 Å². The number of hydrogen-bond donors (Lipinski definition) is 4. The third kappa shape index (κ3) is 2.59. The van der Waals surface area contributed by atoms with Crippen molar-refractivity contribution in [3.8, 4) is 0 Å². The molecule has 1 aromatic rings. The summed E-state index contributed by atoms with van der Waals surface area (Å²) in [5.74, 6) is -7.92. The lowest BCUT2D eigenvalue weighted by Crippen LogP contribution is -2.98. The van der Waals surface area contributed by atoms with Gasteiger partial charge < -0.3 is 20.4 Å². The third-order valence-electron chi connectivity index (χ3n) is 4.14. The van der Waals surface area contributed by atoms with Gasteiger partial charge in [-0.3, -0.25) is 9.69 Å². The quantitative estimate of drug-likeness (QED) is 0.160. The Labute approximate surface area is 167 Å². The molecule has 0 aromatic carbocycles. The van der Waals surface area contributed by atoms with E-state index in [0.717, 1.165) is 6.20 Å². The maximum Gasteiger partial charge on any atom is 0.300 e. The van der Waals surface area contributed by atoms with Crippen molar-refractivity contribution in [3.63, 3.8) is 0 Å². The monoisotopic (exact) mass is 427 g/mol. The van der Waals surface area contributed by atoms with E-state index < -0.39 is 34.2 Å². The van der Waals surface area contributed by atoms with Crippen molar-refractivity contribution in [3.05, 3.63) is 28.5 Å². The number of halogens is 1. The first-order valence-corrected chi connectivity index (χ1v) is 7.87. The highest BCUT2D eigenvalue weighted by molar-refractivity contribution is 9.10. The lowest BCUT2D eigenvalue weighted by atomic mass is 9.50. The molecule has 4 N–H and O–H groups in total. The van der Waals surface area contributed by atoms with Gasteiger partial charge in [0.2, 0.25) is 5.62 Å². The van der Waals surface area contributed by atoms with Gasteiger partial charge in [-0.2, -0.15) is 4.89 Å². The van der Waals surface area contributed by atoms with Gasteiger partial charge in [0, 0.05) is 17.1 Å². The normalized spacial score (nSPS) is 32.4. The number of carbonyl (C=O) groups excluding carboxylic acids is 1. The van der Waals surface area contributed by atoms with E-state index in [2.05, 4.69) is 30.7 Å². The van der Waals surface area contributed by atoms with Gasteiger partial charge >= 0.3 is 5.91 Å². The highest BCUT2D eigenvalue weighted by Gasteiger charge is 2.81. The summed E-state index contributed by atoms with van der Waals surface area (Å²) in [7, 11) is 27.7. The molecule has 0 spiro atoms. The predicted octanol–water partition coefficient (Wildman–Crippen LogP) is -4.40. The molecule has 2 aliphatic rings. The molecule has 1 aromatic heterocycles. The number of hydrogen-bond acceptors (Lipinski definition) is 9. The lowest BCUT2D eigenvalue weighted by Gasteiger charge is -2.73. The van der Waals surface area contributed by atoms with E-state index in [1.807, 2.05) is 0 Å². The Hall–Kier alpha value is -0.855. The lowest BCUT2D eigenvalue weighted by molar-refractivity contribution is -0.671. The maximum absolute atomic E-state index is 12.9. The molecule has 0 saturated carbocycles. The topological polar surface area (TPSA) is 136 Å². The van der Waals surface area contributed by atoms with Crippen molar-refractivity contribution in [2.45, 2.75) is 28.3 Å². The number of piperazine rings is 1. The van der Waals surface area contributed by atoms with Crippen molar-refractivity contribution in [1.82, 2.24) is 14.8 Å². The fourth-order valence-electron chi connectivity index (χ4n) is 2.86. The Morgan fingerprint density at radius 3 is 2.19 bits per heavy atom. The van der Waals surface area contributed by atoms with E-state index >= 15 is 0 Å². The van der Waals surface area contributed by atoms with Crippen LogP contribution < -0.4 is 0 Å². The van der Waals surface area contributed by atoms with E-state index in [-0.39, 0.29) is 15.4 Å². The Morgan fingerprint density at radius 2 is 1.78 bits per heavy atom. The van der Waals surface area contributed by atoms with Crippen LogP contribution in [0.2, 0.25) is 0 Å². The van der Waals surface area contributed by atoms with Crippen LogP contribution in [0.1, 0.15) is 10.4 Å². The summed E-state index contributed by atoms with van der Waals surface area (Å²) < 4.78 is 0.369. The highest BCUT2D eigenvalue weighted by atomic mass is 79.9. The minimum Gasteiger partial charge on any atom is -0.395 e. The SMILES string of the molecule is [B]C([B])(O)N1C([B])([B])C(O)(O)N(C(=O)c2ccc(Br)nc2)C2([B])OOC12O. The van der Waals surface area contributed by atoms with E-state index in [1.165, 1.54) is 12.1 Å². The number of aromatic nitrogens is 1. The van der Waals surface area contributed by atoms with Crippen LogP contribution in [0.4, 0.5) is 0 Å². The number of fused-ring (bicyclic) bond motifs is 1. The number of carbonyl (C=O) groups is 1. The van der Waals surface area contributed by atoms with E-state index in [9.17, 15) is 25.2 Å². The Balaban J connectivity index is 2.18. The van der Waals surface area contributed by atoms with Crippen LogP contribution >= 0.6 is 15.9 Å². The fraction of sp³-hybridized carbons (Fsp3) is 0.455. The van der Waals surface area contributed by atoms with Crippen LogP contribution in [0.15, 0.2) is 22.9 Å². The molecular weight excluding hydrogens is 420 g/mol. The minimum atomic E-state index is -3.60. The summed E-state index contributed by atoms with van der Waals surface area (Å²) in [6.45, 7) is 0. The second-order valence-electron chi connectivity index (χ2n) is 6.06. The molecule has 16 heteroatoms. The second-order valence-corrected chi connectivity index (χ2v) is 6.87. The molecule has 2 saturated heterocycles. The molecule has 2 aliphatic heterocycles. The van der Waals surface area contributed by atoms with Crippen LogP contribution in [0, 0.1) is 0 Å². The smallest absolute Gasteiger partial charge is 0.300 e. The Bertz CT molecular complexity index is 775. The average Bonchev–Trinajstić information content (AvgIpc) is 2.51. The molecule has 10 radical (unpaired) electrons. The third-order valence-corrected chi connectivity index (χ3v) is 4.61. The summed E-state index contributed by atoms with van der Waals surface area (Å²) >= 11 is 3.07. The molecule has 10 nitrogen and oxygen atoms in total. The van der Waals surface area contributed by atoms with Gasteiger partial charge in [0.15, 0.2) is 7.85 Å². The molecule has 3 heterocycles. The van der Waals surface area contributed by atoms with Crippen LogP contribution in [0.5, 0.6) is 0 Å². The van der Waals surface area contributed by atoms with Crippen molar-refractivity contribution >= 4 is 61.1 Å². The van der Waals surface area contributed by atoms with E-state index in [4.69, 9.17) is 39.2 Å². The standard InChI is InChI=1S/C11H7B5BrN3O7/c12-7(13)9(22,23)19(6(21)4-1-2-5(17)18-3-4)8(14)10(24,27-26-8)20(7)11(15,16)25/h1-3,22-25H. The molecule has 2 unspecified atom stereocenters. The summed E-state index contributed by atoms with van der Waals surface area (Å²) in [6, 6.07) is 2.60. The van der Waals surface area contributed by atoms with Crippen LogP contribution in [-0.4, -0.2) is 109 Å². The predicted molar refractivity (Wildman–Crippen MR) is 93.4 cm³/mol. The zero-order chi connectivity index (χ0) is 20.6. The van der Waals surface area contributed by atoms with Gasteiger partial charge in [-0.25, -0.2) is 14.8 Å². The Kier molecular flexibility index (Phi) is 4.51. The number of aliphatic hydroxyl groups is 4. The molecule has 2 fully saturated rings. The summed E-state index contributed by atoms with van der Waals surface area (Å²) in [5, 5.41) is 38.6. The molecule has 1 amide bonds. The average molecular weight is 427 g/mol. The molecule has 0 aliphatic carbocycles. The molecule has 3 rings (SSSR count). The molecule has 130 valence electrons. The number of amides is 1. The van der Waals surface area contributed by atoms with Gasteiger partial charge in [0.05, 0.1) is 21.3 Å². The first-order chi connectivity index (χ1) is 12.1. The molecular formula is C11H7B5BrN3O7. The molecule has 0 bridgehead atoms. The molecule has 27 heavy (non-hydrogen) atoms. The van der Waals surface area contributed by atoms with Gasteiger partial charge in [-0.15, -0.1) is 0 Å². The first kappa shape index (κ1) is 20.9. The van der Waals surface area contributed by atoms with Crippen molar-refractivity contribution in [2.75, 3.05) is 0 Å². The highest BCUT2D eigenvalue weighted by Crippen LogP contribution is 2.54. The maximum atomic E-state index is 12.9. The Morgan fingerprint density at radius 1 is 1.19 bits per heavy atom. The zero-order valence-corrected chi connectivity index (χ0v) is 14.9. The van der Waals surface area contributed by atoms with Crippen LogP contribution in [0.3, 0.4) is 0 Å². The summed E-state index contributed by atoms with van der Waals surface area (Å²) in [4.78, 5) is 25.7. The van der Waals surface area contributed by atoms with Gasteiger partial charge in [0.1, 0.15) is 20.3 Å². The van der Waals surface area contributed by atoms with Gasteiger partial charge in [0.25, 0.3) is 11.8 Å². The van der Waals surface area contributed by atoms with Crippen LogP contribution in [0.25, 0.3) is 0 Å². The number of pyridine rings is 1. The number of nitrogens with zero attached hydrogens (tertiary/aromatic N) is 3.